The molecule has 1 aliphatic heterocycles. The lowest BCUT2D eigenvalue weighted by Crippen LogP contribution is -2.40. The average Bonchev–Trinajstić information content (AvgIpc) is 3.48. The minimum absolute atomic E-state index is 0.0297. The van der Waals surface area contributed by atoms with Gasteiger partial charge in [0.05, 0.1) is 5.60 Å². The summed E-state index contributed by atoms with van der Waals surface area (Å²) in [5, 5.41) is 5.01. The van der Waals surface area contributed by atoms with Crippen LogP contribution in [0.25, 0.3) is 10.9 Å². The standard InChI is InChI=1S/C31H33ClN2O2/c1-22-8-10-23(11-9-22)19-34-20-28(26-6-3-4-7-29(26)34)27(24-12-14-25(32)15-13-24)18-30(35)33-21-31(2)16-5-17-36-31/h3-4,6-15,20,27H,5,16-19,21H2,1-2H3,(H,33,35). The molecule has 5 heteroatoms. The molecule has 3 aromatic carbocycles. The first kappa shape index (κ1) is 24.6. The smallest absolute Gasteiger partial charge is 0.221 e. The van der Waals surface area contributed by atoms with Crippen LogP contribution in [0.15, 0.2) is 79.0 Å². The topological polar surface area (TPSA) is 43.3 Å². The number of rotatable bonds is 8. The molecule has 2 heterocycles. The lowest BCUT2D eigenvalue weighted by atomic mass is 9.88. The summed E-state index contributed by atoms with van der Waals surface area (Å²) in [6, 6.07) is 25.0. The van der Waals surface area contributed by atoms with Crippen molar-refractivity contribution in [3.05, 3.63) is 106 Å². The first-order valence-electron chi connectivity index (χ1n) is 12.7. The molecule has 0 radical (unpaired) electrons. The molecule has 0 bridgehead atoms. The van der Waals surface area contributed by atoms with Crippen LogP contribution in [-0.2, 0) is 16.1 Å². The van der Waals surface area contributed by atoms with Gasteiger partial charge in [0.25, 0.3) is 0 Å². The number of nitrogens with zero attached hydrogens (tertiary/aromatic N) is 1. The Kier molecular flexibility index (Phi) is 7.17. The number of aryl methyl sites for hydroxylation is 1. The van der Waals surface area contributed by atoms with E-state index in [1.165, 1.54) is 22.0 Å². The number of nitrogens with one attached hydrogen (secondary N) is 1. The van der Waals surface area contributed by atoms with Crippen molar-refractivity contribution >= 4 is 28.4 Å². The summed E-state index contributed by atoms with van der Waals surface area (Å²) in [6.07, 6.45) is 4.59. The van der Waals surface area contributed by atoms with Gasteiger partial charge in [0.2, 0.25) is 5.91 Å². The van der Waals surface area contributed by atoms with Crippen LogP contribution in [0, 0.1) is 6.92 Å². The summed E-state index contributed by atoms with van der Waals surface area (Å²) >= 11 is 6.21. The second-order valence-corrected chi connectivity index (χ2v) is 10.6. The van der Waals surface area contributed by atoms with Gasteiger partial charge in [-0.3, -0.25) is 4.79 Å². The number of hydrogen-bond acceptors (Lipinski definition) is 2. The van der Waals surface area contributed by atoms with E-state index in [9.17, 15) is 4.79 Å². The average molecular weight is 501 g/mol. The lowest BCUT2D eigenvalue weighted by Gasteiger charge is -2.24. The molecule has 1 fully saturated rings. The van der Waals surface area contributed by atoms with Gasteiger partial charge in [-0.25, -0.2) is 0 Å². The van der Waals surface area contributed by atoms with Crippen molar-refractivity contribution in [2.24, 2.45) is 0 Å². The highest BCUT2D eigenvalue weighted by molar-refractivity contribution is 6.30. The molecule has 1 amide bonds. The number of benzene rings is 3. The van der Waals surface area contributed by atoms with Crippen molar-refractivity contribution < 1.29 is 9.53 Å². The molecule has 1 saturated heterocycles. The van der Waals surface area contributed by atoms with Gasteiger partial charge in [0.1, 0.15) is 0 Å². The summed E-state index contributed by atoms with van der Waals surface area (Å²) in [7, 11) is 0. The number of amides is 1. The molecule has 0 spiro atoms. The molecule has 2 unspecified atom stereocenters. The molecule has 0 aliphatic carbocycles. The van der Waals surface area contributed by atoms with Gasteiger partial charge in [-0.2, -0.15) is 0 Å². The van der Waals surface area contributed by atoms with E-state index in [0.717, 1.165) is 37.1 Å². The summed E-state index contributed by atoms with van der Waals surface area (Å²) in [5.41, 5.74) is 5.63. The molecule has 36 heavy (non-hydrogen) atoms. The first-order valence-corrected chi connectivity index (χ1v) is 13.1. The third kappa shape index (κ3) is 5.50. The molecule has 1 aliphatic rings. The van der Waals surface area contributed by atoms with Crippen LogP contribution < -0.4 is 5.32 Å². The number of para-hydroxylation sites is 1. The maximum absolute atomic E-state index is 13.2. The molecule has 1 aromatic heterocycles. The number of hydrogen-bond donors (Lipinski definition) is 1. The zero-order chi connectivity index (χ0) is 25.1. The minimum atomic E-state index is -0.268. The molecule has 2 atom stereocenters. The van der Waals surface area contributed by atoms with Crippen molar-refractivity contribution in [3.63, 3.8) is 0 Å². The molecule has 0 saturated carbocycles. The van der Waals surface area contributed by atoms with Gasteiger partial charge in [0, 0.05) is 54.2 Å². The minimum Gasteiger partial charge on any atom is -0.373 e. The van der Waals surface area contributed by atoms with Gasteiger partial charge >= 0.3 is 0 Å². The molecule has 186 valence electrons. The zero-order valence-corrected chi connectivity index (χ0v) is 21.7. The van der Waals surface area contributed by atoms with Crippen molar-refractivity contribution in [2.75, 3.05) is 13.2 Å². The molecular weight excluding hydrogens is 468 g/mol. The number of aromatic nitrogens is 1. The number of ether oxygens (including phenoxy) is 1. The summed E-state index contributed by atoms with van der Waals surface area (Å²) in [4.78, 5) is 13.2. The summed E-state index contributed by atoms with van der Waals surface area (Å²) in [6.45, 7) is 6.26. The van der Waals surface area contributed by atoms with E-state index in [0.29, 0.717) is 18.0 Å². The first-order chi connectivity index (χ1) is 17.4. The lowest BCUT2D eigenvalue weighted by molar-refractivity contribution is -0.122. The van der Waals surface area contributed by atoms with Gasteiger partial charge in [-0.1, -0.05) is 71.8 Å². The largest absolute Gasteiger partial charge is 0.373 e. The Morgan fingerprint density at radius 2 is 1.83 bits per heavy atom. The van der Waals surface area contributed by atoms with Gasteiger partial charge in [-0.15, -0.1) is 0 Å². The van der Waals surface area contributed by atoms with Crippen LogP contribution in [0.1, 0.15) is 54.4 Å². The predicted octanol–water partition coefficient (Wildman–Crippen LogP) is 6.86. The maximum Gasteiger partial charge on any atom is 0.221 e. The molecule has 1 N–H and O–H groups in total. The Morgan fingerprint density at radius 3 is 2.56 bits per heavy atom. The van der Waals surface area contributed by atoms with Crippen LogP contribution in [0.5, 0.6) is 0 Å². The number of carbonyl (C=O) groups excluding carboxylic acids is 1. The SMILES string of the molecule is Cc1ccc(Cn2cc(C(CC(=O)NCC3(C)CCCO3)c3ccc(Cl)cc3)c3ccccc32)cc1. The van der Waals surface area contributed by atoms with E-state index in [2.05, 4.69) is 78.5 Å². The van der Waals surface area contributed by atoms with Crippen molar-refractivity contribution in [1.82, 2.24) is 9.88 Å². The molecule has 4 aromatic rings. The van der Waals surface area contributed by atoms with Crippen LogP contribution in [0.2, 0.25) is 5.02 Å². The summed E-state index contributed by atoms with van der Waals surface area (Å²) < 4.78 is 8.17. The van der Waals surface area contributed by atoms with Gasteiger partial charge in [-0.05, 0) is 61.6 Å². The predicted molar refractivity (Wildman–Crippen MR) is 147 cm³/mol. The number of halogens is 1. The molecular formula is C31H33ClN2O2. The molecule has 4 nitrogen and oxygen atoms in total. The fourth-order valence-electron chi connectivity index (χ4n) is 5.20. The van der Waals surface area contributed by atoms with E-state index in [1.54, 1.807) is 0 Å². The van der Waals surface area contributed by atoms with Gasteiger partial charge < -0.3 is 14.6 Å². The second kappa shape index (κ2) is 10.5. The summed E-state index contributed by atoms with van der Waals surface area (Å²) in [5.74, 6) is -0.0641. The zero-order valence-electron chi connectivity index (χ0n) is 21.0. The molecule has 5 rings (SSSR count). The monoisotopic (exact) mass is 500 g/mol. The number of fused-ring (bicyclic) bond motifs is 1. The highest BCUT2D eigenvalue weighted by Crippen LogP contribution is 2.36. The van der Waals surface area contributed by atoms with E-state index in [4.69, 9.17) is 16.3 Å². The normalized spacial score (nSPS) is 18.4. The Morgan fingerprint density at radius 1 is 1.08 bits per heavy atom. The highest BCUT2D eigenvalue weighted by Gasteiger charge is 2.31. The van der Waals surface area contributed by atoms with Crippen molar-refractivity contribution in [3.8, 4) is 0 Å². The fourth-order valence-corrected chi connectivity index (χ4v) is 5.32. The van der Waals surface area contributed by atoms with E-state index in [-0.39, 0.29) is 17.4 Å². The van der Waals surface area contributed by atoms with Crippen LogP contribution in [0.4, 0.5) is 0 Å². The Bertz CT molecular complexity index is 1340. The Hall–Kier alpha value is -3.08. The van der Waals surface area contributed by atoms with Crippen LogP contribution in [-0.4, -0.2) is 29.2 Å². The third-order valence-corrected chi connectivity index (χ3v) is 7.54. The van der Waals surface area contributed by atoms with E-state index in [1.807, 2.05) is 24.3 Å². The number of carbonyl (C=O) groups is 1. The highest BCUT2D eigenvalue weighted by atomic mass is 35.5. The van der Waals surface area contributed by atoms with E-state index < -0.39 is 0 Å². The maximum atomic E-state index is 13.2. The Labute approximate surface area is 218 Å². The third-order valence-electron chi connectivity index (χ3n) is 7.29. The van der Waals surface area contributed by atoms with Gasteiger partial charge in [0.15, 0.2) is 0 Å². The van der Waals surface area contributed by atoms with Crippen LogP contribution in [0.3, 0.4) is 0 Å². The van der Waals surface area contributed by atoms with Crippen molar-refractivity contribution in [1.29, 1.82) is 0 Å². The quantitative estimate of drug-likeness (QED) is 0.287. The second-order valence-electron chi connectivity index (χ2n) is 10.2. The van der Waals surface area contributed by atoms with Crippen molar-refractivity contribution in [2.45, 2.75) is 51.2 Å². The van der Waals surface area contributed by atoms with Crippen LogP contribution >= 0.6 is 11.6 Å². The van der Waals surface area contributed by atoms with E-state index >= 15 is 0 Å². The fraction of sp³-hybridized carbons (Fsp3) is 0.323. The Balaban J connectivity index is 1.48.